The smallest absolute Gasteiger partial charge is 0.339 e. The molecule has 9 heteroatoms. The molecular formula is C28H33ClN2O5S. The van der Waals surface area contributed by atoms with E-state index in [0.29, 0.717) is 11.4 Å². The Kier molecular flexibility index (Phi) is 7.00. The van der Waals surface area contributed by atoms with E-state index in [1.165, 1.54) is 56.2 Å². The Morgan fingerprint density at radius 2 is 1.62 bits per heavy atom. The maximum absolute atomic E-state index is 12.9. The number of benzene rings is 2. The van der Waals surface area contributed by atoms with E-state index in [0.717, 1.165) is 28.3 Å². The average Bonchev–Trinajstić information content (AvgIpc) is 2.82. The monoisotopic (exact) mass is 544 g/mol. The van der Waals surface area contributed by atoms with Crippen LogP contribution < -0.4 is 9.62 Å². The Bertz CT molecular complexity index is 1270. The maximum Gasteiger partial charge on any atom is 0.339 e. The molecule has 4 aliphatic rings. The molecule has 0 aromatic heterocycles. The lowest BCUT2D eigenvalue weighted by atomic mass is 9.48. The highest BCUT2D eigenvalue weighted by molar-refractivity contribution is 7.92. The van der Waals surface area contributed by atoms with Gasteiger partial charge >= 0.3 is 5.97 Å². The number of rotatable bonds is 8. The van der Waals surface area contributed by atoms with Gasteiger partial charge in [0, 0.05) is 5.69 Å². The first-order valence-corrected chi connectivity index (χ1v) is 15.1. The molecule has 4 bridgehead atoms. The molecule has 0 aliphatic heterocycles. The number of esters is 1. The number of carbonyl (C=O) groups is 2. The molecule has 0 heterocycles. The van der Waals surface area contributed by atoms with Gasteiger partial charge in [0.05, 0.1) is 29.1 Å². The first-order valence-electron chi connectivity index (χ1n) is 12.9. The van der Waals surface area contributed by atoms with Crippen molar-refractivity contribution in [3.8, 4) is 0 Å². The summed E-state index contributed by atoms with van der Waals surface area (Å²) in [5, 5.41) is 2.87. The van der Waals surface area contributed by atoms with Crippen LogP contribution in [0.25, 0.3) is 0 Å². The summed E-state index contributed by atoms with van der Waals surface area (Å²) in [5.74, 6) is 1.33. The normalized spacial score (nSPS) is 26.1. The number of nitrogens with zero attached hydrogens (tertiary/aromatic N) is 1. The van der Waals surface area contributed by atoms with E-state index in [1.54, 1.807) is 13.0 Å². The summed E-state index contributed by atoms with van der Waals surface area (Å²) in [4.78, 5) is 25.0. The third-order valence-corrected chi connectivity index (χ3v) is 9.71. The van der Waals surface area contributed by atoms with Crippen molar-refractivity contribution in [1.82, 2.24) is 0 Å². The molecule has 0 atom stereocenters. The van der Waals surface area contributed by atoms with Crippen molar-refractivity contribution in [3.05, 3.63) is 58.6 Å². The predicted molar refractivity (Wildman–Crippen MR) is 145 cm³/mol. The van der Waals surface area contributed by atoms with Crippen LogP contribution >= 0.6 is 11.6 Å². The summed E-state index contributed by atoms with van der Waals surface area (Å²) in [7, 11) is -3.72. The lowest BCUT2D eigenvalue weighted by molar-refractivity contribution is -0.114. The number of amides is 1. The zero-order valence-corrected chi connectivity index (χ0v) is 22.8. The van der Waals surface area contributed by atoms with E-state index < -0.39 is 28.4 Å². The van der Waals surface area contributed by atoms with E-state index >= 15 is 0 Å². The molecule has 1 amide bonds. The Morgan fingerprint density at radius 3 is 2.16 bits per heavy atom. The van der Waals surface area contributed by atoms with Crippen molar-refractivity contribution in [2.75, 3.05) is 29.0 Å². The van der Waals surface area contributed by atoms with Gasteiger partial charge in [-0.1, -0.05) is 23.7 Å². The van der Waals surface area contributed by atoms with Gasteiger partial charge in [0.15, 0.2) is 0 Å². The largest absolute Gasteiger partial charge is 0.462 e. The van der Waals surface area contributed by atoms with Crippen molar-refractivity contribution < 1.29 is 22.7 Å². The third kappa shape index (κ3) is 5.36. The quantitative estimate of drug-likeness (QED) is 0.450. The minimum atomic E-state index is -3.72. The molecule has 4 saturated carbocycles. The van der Waals surface area contributed by atoms with Gasteiger partial charge in [0.2, 0.25) is 15.9 Å². The summed E-state index contributed by atoms with van der Waals surface area (Å²) in [5.41, 5.74) is 2.41. The third-order valence-electron chi connectivity index (χ3n) is 8.24. The number of halogens is 1. The van der Waals surface area contributed by atoms with Crippen molar-refractivity contribution in [3.63, 3.8) is 0 Å². The number of carbonyl (C=O) groups excluding carboxylic acids is 2. The number of hydrogen-bond acceptors (Lipinski definition) is 5. The average molecular weight is 545 g/mol. The van der Waals surface area contributed by atoms with Gasteiger partial charge in [-0.05, 0) is 105 Å². The summed E-state index contributed by atoms with van der Waals surface area (Å²) >= 11 is 6.10. The van der Waals surface area contributed by atoms with E-state index in [-0.39, 0.29) is 22.6 Å². The van der Waals surface area contributed by atoms with Gasteiger partial charge in [-0.25, -0.2) is 13.2 Å². The molecule has 6 rings (SSSR count). The van der Waals surface area contributed by atoms with Gasteiger partial charge in [0.1, 0.15) is 6.54 Å². The van der Waals surface area contributed by atoms with Gasteiger partial charge < -0.3 is 10.1 Å². The fourth-order valence-electron chi connectivity index (χ4n) is 7.14. The molecule has 0 radical (unpaired) electrons. The van der Waals surface area contributed by atoms with Crippen molar-refractivity contribution in [2.24, 2.45) is 17.8 Å². The first-order chi connectivity index (χ1) is 17.6. The maximum atomic E-state index is 12.9. The first kappa shape index (κ1) is 26.0. The molecule has 0 unspecified atom stereocenters. The Morgan fingerprint density at radius 1 is 1.03 bits per heavy atom. The lowest BCUT2D eigenvalue weighted by Crippen LogP contribution is -2.48. The van der Waals surface area contributed by atoms with Crippen LogP contribution in [0.1, 0.15) is 61.4 Å². The van der Waals surface area contributed by atoms with E-state index in [2.05, 4.69) is 17.4 Å². The second-order valence-corrected chi connectivity index (χ2v) is 13.3. The van der Waals surface area contributed by atoms with E-state index in [9.17, 15) is 18.0 Å². The number of ether oxygens (including phenoxy) is 1. The zero-order chi connectivity index (χ0) is 26.4. The minimum absolute atomic E-state index is 0.126. The summed E-state index contributed by atoms with van der Waals surface area (Å²) < 4.78 is 31.4. The lowest BCUT2D eigenvalue weighted by Gasteiger charge is -2.57. The Balaban J connectivity index is 1.32. The molecule has 7 nitrogen and oxygen atoms in total. The Hall–Kier alpha value is -2.58. The molecule has 4 fully saturated rings. The zero-order valence-electron chi connectivity index (χ0n) is 21.2. The molecule has 198 valence electrons. The number of sulfonamides is 1. The van der Waals surface area contributed by atoms with Gasteiger partial charge in [-0.15, -0.1) is 0 Å². The van der Waals surface area contributed by atoms with Crippen LogP contribution in [-0.4, -0.2) is 39.7 Å². The minimum Gasteiger partial charge on any atom is -0.462 e. The number of anilines is 2. The fraction of sp³-hybridized carbons (Fsp3) is 0.500. The highest BCUT2D eigenvalue weighted by Gasteiger charge is 2.51. The van der Waals surface area contributed by atoms with Crippen molar-refractivity contribution in [2.45, 2.75) is 50.9 Å². The SMILES string of the molecule is CCOC(=O)c1cc(NC(=O)CN(c2ccc(C34CC5CC(CC(C5)C3)C4)cc2)S(C)(=O)=O)ccc1Cl. The molecular weight excluding hydrogens is 512 g/mol. The molecule has 1 N–H and O–H groups in total. The second kappa shape index (κ2) is 9.95. The standard InChI is InChI=1S/C28H33ClN2O5S/c1-3-36-27(33)24-13-22(6-9-25(24)29)30-26(32)17-31(37(2,34)35)23-7-4-21(5-8-23)28-14-18-10-19(15-28)12-20(11-18)16-28/h4-9,13,18-20H,3,10-12,14-17H2,1-2H3,(H,30,32). The van der Waals surface area contributed by atoms with Crippen molar-refractivity contribution in [1.29, 1.82) is 0 Å². The van der Waals surface area contributed by atoms with Crippen molar-refractivity contribution >= 4 is 44.9 Å². The van der Waals surface area contributed by atoms with Gasteiger partial charge in [-0.3, -0.25) is 9.10 Å². The van der Waals surface area contributed by atoms with Crippen LogP contribution in [-0.2, 0) is 25.0 Å². The number of nitrogens with one attached hydrogen (secondary N) is 1. The van der Waals surface area contributed by atoms with Crippen LogP contribution in [0.2, 0.25) is 5.02 Å². The second-order valence-electron chi connectivity index (χ2n) is 11.0. The molecule has 2 aromatic carbocycles. The molecule has 0 spiro atoms. The topological polar surface area (TPSA) is 92.8 Å². The van der Waals surface area contributed by atoms with Crippen LogP contribution in [0, 0.1) is 17.8 Å². The molecule has 0 saturated heterocycles. The summed E-state index contributed by atoms with van der Waals surface area (Å²) in [6.45, 7) is 1.48. The Labute approximate surface area is 223 Å². The van der Waals surface area contributed by atoms with E-state index in [4.69, 9.17) is 16.3 Å². The highest BCUT2D eigenvalue weighted by atomic mass is 35.5. The van der Waals surface area contributed by atoms with Gasteiger partial charge in [0.25, 0.3) is 0 Å². The fourth-order valence-corrected chi connectivity index (χ4v) is 8.20. The predicted octanol–water partition coefficient (Wildman–Crippen LogP) is 5.39. The van der Waals surface area contributed by atoms with Crippen LogP contribution in [0.5, 0.6) is 0 Å². The molecule has 37 heavy (non-hydrogen) atoms. The number of hydrogen-bond donors (Lipinski definition) is 1. The molecule has 2 aromatic rings. The highest BCUT2D eigenvalue weighted by Crippen LogP contribution is 2.60. The molecule has 4 aliphatic carbocycles. The summed E-state index contributed by atoms with van der Waals surface area (Å²) in [6, 6.07) is 12.2. The van der Waals surface area contributed by atoms with Crippen LogP contribution in [0.3, 0.4) is 0 Å². The van der Waals surface area contributed by atoms with Crippen LogP contribution in [0.15, 0.2) is 42.5 Å². The van der Waals surface area contributed by atoms with Gasteiger partial charge in [-0.2, -0.15) is 0 Å². The van der Waals surface area contributed by atoms with Crippen LogP contribution in [0.4, 0.5) is 11.4 Å². The summed E-state index contributed by atoms with van der Waals surface area (Å²) in [6.07, 6.45) is 8.87. The van der Waals surface area contributed by atoms with E-state index in [1.807, 2.05) is 12.1 Å².